The van der Waals surface area contributed by atoms with Crippen LogP contribution in [-0.4, -0.2) is 9.78 Å². The molecule has 3 heteroatoms. The Balaban J connectivity index is 2.35. The van der Waals surface area contributed by atoms with Crippen molar-refractivity contribution in [3.63, 3.8) is 0 Å². The summed E-state index contributed by atoms with van der Waals surface area (Å²) in [6.45, 7) is 6.40. The van der Waals surface area contributed by atoms with E-state index in [1.807, 2.05) is 35.1 Å². The molecule has 0 radical (unpaired) electrons. The van der Waals surface area contributed by atoms with Crippen molar-refractivity contribution in [3.8, 4) is 11.1 Å². The van der Waals surface area contributed by atoms with E-state index in [2.05, 4.69) is 32.1 Å². The van der Waals surface area contributed by atoms with Gasteiger partial charge in [0.25, 0.3) is 0 Å². The Morgan fingerprint density at radius 2 is 1.69 bits per heavy atom. The van der Waals surface area contributed by atoms with Crippen LogP contribution in [0.3, 0.4) is 0 Å². The van der Waals surface area contributed by atoms with Gasteiger partial charge in [0.2, 0.25) is 0 Å². The summed E-state index contributed by atoms with van der Waals surface area (Å²) in [6.07, 6.45) is 3.95. The van der Waals surface area contributed by atoms with Crippen LogP contribution in [0.5, 0.6) is 0 Å². The topological polar surface area (TPSA) is 43.8 Å². The second kappa shape index (κ2) is 3.67. The lowest BCUT2D eigenvalue weighted by Crippen LogP contribution is -2.21. The van der Waals surface area contributed by atoms with Gasteiger partial charge in [0.1, 0.15) is 0 Å². The first-order chi connectivity index (χ1) is 7.47. The molecule has 1 aromatic carbocycles. The Morgan fingerprint density at radius 3 is 2.19 bits per heavy atom. The molecule has 0 saturated carbocycles. The number of hydrogen-bond acceptors (Lipinski definition) is 2. The van der Waals surface area contributed by atoms with E-state index in [0.29, 0.717) is 0 Å². The highest BCUT2D eigenvalue weighted by Gasteiger charge is 2.14. The van der Waals surface area contributed by atoms with E-state index in [1.165, 1.54) is 0 Å². The smallest absolute Gasteiger partial charge is 0.0568 e. The molecule has 84 valence electrons. The SMILES string of the molecule is CC(C)(C)n1cc(-c2ccc(N)cc2)cn1. The fourth-order valence-corrected chi connectivity index (χ4v) is 1.51. The van der Waals surface area contributed by atoms with Crippen molar-refractivity contribution in [1.82, 2.24) is 9.78 Å². The van der Waals surface area contributed by atoms with Crippen molar-refractivity contribution < 1.29 is 0 Å². The van der Waals surface area contributed by atoms with Gasteiger partial charge in [-0.3, -0.25) is 4.68 Å². The number of benzene rings is 1. The van der Waals surface area contributed by atoms with Crippen molar-refractivity contribution in [3.05, 3.63) is 36.7 Å². The number of nitrogens with two attached hydrogens (primary N) is 1. The number of anilines is 1. The standard InChI is InChI=1S/C13H17N3/c1-13(2,3)16-9-11(8-15-16)10-4-6-12(14)7-5-10/h4-9H,14H2,1-3H3. The summed E-state index contributed by atoms with van der Waals surface area (Å²) in [5.74, 6) is 0. The maximum atomic E-state index is 5.66. The van der Waals surface area contributed by atoms with Gasteiger partial charge in [0.15, 0.2) is 0 Å². The van der Waals surface area contributed by atoms with E-state index in [1.54, 1.807) is 0 Å². The zero-order valence-corrected chi connectivity index (χ0v) is 9.94. The molecule has 0 unspecified atom stereocenters. The first-order valence-corrected chi connectivity index (χ1v) is 5.38. The van der Waals surface area contributed by atoms with E-state index < -0.39 is 0 Å². The lowest BCUT2D eigenvalue weighted by molar-refractivity contribution is 0.355. The van der Waals surface area contributed by atoms with Crippen LogP contribution in [0.15, 0.2) is 36.7 Å². The molecule has 0 fully saturated rings. The molecule has 2 aromatic rings. The minimum Gasteiger partial charge on any atom is -0.399 e. The third kappa shape index (κ3) is 2.08. The van der Waals surface area contributed by atoms with Crippen LogP contribution in [-0.2, 0) is 5.54 Å². The second-order valence-electron chi connectivity index (χ2n) is 4.97. The van der Waals surface area contributed by atoms with Gasteiger partial charge >= 0.3 is 0 Å². The average molecular weight is 215 g/mol. The van der Waals surface area contributed by atoms with E-state index >= 15 is 0 Å². The van der Waals surface area contributed by atoms with Crippen molar-refractivity contribution in [2.24, 2.45) is 0 Å². The Morgan fingerprint density at radius 1 is 1.06 bits per heavy atom. The predicted molar refractivity (Wildman–Crippen MR) is 67.1 cm³/mol. The molecule has 2 N–H and O–H groups in total. The van der Waals surface area contributed by atoms with Crippen LogP contribution in [0.4, 0.5) is 5.69 Å². The Labute approximate surface area is 95.9 Å². The molecule has 0 aliphatic heterocycles. The Hall–Kier alpha value is -1.77. The molecule has 0 amide bonds. The number of hydrogen-bond donors (Lipinski definition) is 1. The molecule has 0 aliphatic carbocycles. The molecule has 1 aromatic heterocycles. The van der Waals surface area contributed by atoms with Crippen molar-refractivity contribution in [1.29, 1.82) is 0 Å². The molecule has 16 heavy (non-hydrogen) atoms. The highest BCUT2D eigenvalue weighted by Crippen LogP contribution is 2.22. The van der Waals surface area contributed by atoms with Crippen LogP contribution in [0.1, 0.15) is 20.8 Å². The van der Waals surface area contributed by atoms with Crippen LogP contribution >= 0.6 is 0 Å². The summed E-state index contributed by atoms with van der Waals surface area (Å²) in [5.41, 5.74) is 8.73. The quantitative estimate of drug-likeness (QED) is 0.743. The third-order valence-corrected chi connectivity index (χ3v) is 2.51. The van der Waals surface area contributed by atoms with Gasteiger partial charge in [-0.25, -0.2) is 0 Å². The van der Waals surface area contributed by atoms with E-state index in [-0.39, 0.29) is 5.54 Å². The van der Waals surface area contributed by atoms with E-state index in [9.17, 15) is 0 Å². The largest absolute Gasteiger partial charge is 0.399 e. The highest BCUT2D eigenvalue weighted by molar-refractivity contribution is 5.64. The lowest BCUT2D eigenvalue weighted by atomic mass is 10.1. The summed E-state index contributed by atoms with van der Waals surface area (Å²) in [5, 5.41) is 4.37. The predicted octanol–water partition coefficient (Wildman–Crippen LogP) is 2.89. The highest BCUT2D eigenvalue weighted by atomic mass is 15.3. The molecule has 0 saturated heterocycles. The van der Waals surface area contributed by atoms with Crippen LogP contribution in [0.2, 0.25) is 0 Å². The summed E-state index contributed by atoms with van der Waals surface area (Å²) in [6, 6.07) is 7.84. The minimum atomic E-state index is 0.0199. The minimum absolute atomic E-state index is 0.0199. The van der Waals surface area contributed by atoms with Gasteiger partial charge in [-0.15, -0.1) is 0 Å². The average Bonchev–Trinajstić information content (AvgIpc) is 2.67. The first-order valence-electron chi connectivity index (χ1n) is 5.38. The number of aromatic nitrogens is 2. The number of nitrogens with zero attached hydrogens (tertiary/aromatic N) is 2. The zero-order valence-electron chi connectivity index (χ0n) is 9.94. The van der Waals surface area contributed by atoms with Gasteiger partial charge in [0.05, 0.1) is 11.7 Å². The van der Waals surface area contributed by atoms with E-state index in [0.717, 1.165) is 16.8 Å². The van der Waals surface area contributed by atoms with Gasteiger partial charge < -0.3 is 5.73 Å². The normalized spacial score (nSPS) is 11.7. The molecular weight excluding hydrogens is 198 g/mol. The fourth-order valence-electron chi connectivity index (χ4n) is 1.51. The molecule has 0 aliphatic rings. The van der Waals surface area contributed by atoms with Gasteiger partial charge in [-0.2, -0.15) is 5.10 Å². The first kappa shape index (κ1) is 10.7. The lowest BCUT2D eigenvalue weighted by Gasteiger charge is -2.18. The molecule has 0 spiro atoms. The number of nitrogen functional groups attached to an aromatic ring is 1. The monoisotopic (exact) mass is 215 g/mol. The Bertz CT molecular complexity index is 475. The van der Waals surface area contributed by atoms with Crippen molar-refractivity contribution in [2.75, 3.05) is 5.73 Å². The van der Waals surface area contributed by atoms with E-state index in [4.69, 9.17) is 5.73 Å². The summed E-state index contributed by atoms with van der Waals surface area (Å²) < 4.78 is 1.97. The number of rotatable bonds is 1. The van der Waals surface area contributed by atoms with Gasteiger partial charge in [-0.05, 0) is 38.5 Å². The van der Waals surface area contributed by atoms with Gasteiger partial charge in [-0.1, -0.05) is 12.1 Å². The molecular formula is C13H17N3. The summed E-state index contributed by atoms with van der Waals surface area (Å²) in [4.78, 5) is 0. The summed E-state index contributed by atoms with van der Waals surface area (Å²) >= 11 is 0. The third-order valence-electron chi connectivity index (χ3n) is 2.51. The summed E-state index contributed by atoms with van der Waals surface area (Å²) in [7, 11) is 0. The molecule has 0 bridgehead atoms. The fraction of sp³-hybridized carbons (Fsp3) is 0.308. The molecule has 1 heterocycles. The Kier molecular flexibility index (Phi) is 2.46. The van der Waals surface area contributed by atoms with Gasteiger partial charge in [0, 0.05) is 17.4 Å². The molecule has 2 rings (SSSR count). The maximum absolute atomic E-state index is 5.66. The molecule has 3 nitrogen and oxygen atoms in total. The van der Waals surface area contributed by atoms with Crippen LogP contribution in [0, 0.1) is 0 Å². The zero-order chi connectivity index (χ0) is 11.8. The van der Waals surface area contributed by atoms with Crippen LogP contribution in [0.25, 0.3) is 11.1 Å². The van der Waals surface area contributed by atoms with Crippen molar-refractivity contribution in [2.45, 2.75) is 26.3 Å². The van der Waals surface area contributed by atoms with Crippen LogP contribution < -0.4 is 5.73 Å². The van der Waals surface area contributed by atoms with Crippen molar-refractivity contribution >= 4 is 5.69 Å². The molecule has 0 atom stereocenters. The maximum Gasteiger partial charge on any atom is 0.0568 e. The second-order valence-corrected chi connectivity index (χ2v) is 4.97.